The van der Waals surface area contributed by atoms with Gasteiger partial charge in [-0.1, -0.05) is 6.08 Å². The van der Waals surface area contributed by atoms with Gasteiger partial charge < -0.3 is 14.7 Å². The molecule has 1 aromatic rings. The second kappa shape index (κ2) is 5.44. The zero-order valence-electron chi connectivity index (χ0n) is 11.5. The fourth-order valence-electron chi connectivity index (χ4n) is 2.48. The van der Waals surface area contributed by atoms with Crippen molar-refractivity contribution in [2.75, 3.05) is 31.7 Å². The summed E-state index contributed by atoms with van der Waals surface area (Å²) in [6.07, 6.45) is 2.98. The van der Waals surface area contributed by atoms with E-state index in [1.165, 1.54) is 5.57 Å². The molecule has 0 unspecified atom stereocenters. The Hall–Kier alpha value is -1.82. The summed E-state index contributed by atoms with van der Waals surface area (Å²) >= 11 is 0. The number of hydrogen-bond acceptors (Lipinski definition) is 4. The number of carbonyl (C=O) groups is 1. The highest BCUT2D eigenvalue weighted by Crippen LogP contribution is 2.26. The highest BCUT2D eigenvalue weighted by molar-refractivity contribution is 5.95. The van der Waals surface area contributed by atoms with Crippen molar-refractivity contribution in [1.82, 2.24) is 9.78 Å². The van der Waals surface area contributed by atoms with Gasteiger partial charge in [-0.25, -0.2) is 4.79 Å². The minimum absolute atomic E-state index is 0.297. The molecule has 1 N–H and O–H groups in total. The summed E-state index contributed by atoms with van der Waals surface area (Å²) in [5, 5.41) is 13.5. The second-order valence-electron chi connectivity index (χ2n) is 4.70. The molecule has 19 heavy (non-hydrogen) atoms. The molecular formula is C13H19N3O3. The molecule has 2 heterocycles. The van der Waals surface area contributed by atoms with Crippen molar-refractivity contribution >= 4 is 11.8 Å². The zero-order chi connectivity index (χ0) is 14.0. The average molecular weight is 265 g/mol. The number of rotatable bonds is 4. The van der Waals surface area contributed by atoms with Gasteiger partial charge in [-0.15, -0.1) is 0 Å². The van der Waals surface area contributed by atoms with Crippen LogP contribution in [0.15, 0.2) is 11.6 Å². The van der Waals surface area contributed by atoms with Crippen LogP contribution in [0, 0.1) is 6.92 Å². The normalized spacial score (nSPS) is 15.5. The van der Waals surface area contributed by atoms with Crippen LogP contribution < -0.4 is 4.90 Å². The molecule has 6 nitrogen and oxygen atoms in total. The number of hydrogen-bond donors (Lipinski definition) is 1. The maximum absolute atomic E-state index is 11.3. The Bertz CT molecular complexity index is 519. The third kappa shape index (κ3) is 2.63. The summed E-state index contributed by atoms with van der Waals surface area (Å²) in [4.78, 5) is 13.4. The quantitative estimate of drug-likeness (QED) is 0.829. The second-order valence-corrected chi connectivity index (χ2v) is 4.70. The van der Waals surface area contributed by atoms with E-state index in [2.05, 4.69) is 11.2 Å². The SMILES string of the molecule is COCC1=CCN(c2c(C(=O)O)c(C)nn2C)CC1. The van der Waals surface area contributed by atoms with Crippen LogP contribution in [0.4, 0.5) is 5.82 Å². The van der Waals surface area contributed by atoms with E-state index in [-0.39, 0.29) is 0 Å². The first-order valence-corrected chi connectivity index (χ1v) is 6.23. The lowest BCUT2D eigenvalue weighted by molar-refractivity contribution is 0.0696. The number of aromatic carboxylic acids is 1. The Labute approximate surface area is 112 Å². The lowest BCUT2D eigenvalue weighted by atomic mass is 10.1. The standard InChI is InChI=1S/C13H19N3O3/c1-9-11(13(17)18)12(15(2)14-9)16-6-4-10(5-7-16)8-19-3/h4H,5-8H2,1-3H3,(H,17,18). The fraction of sp³-hybridized carbons (Fsp3) is 0.538. The van der Waals surface area contributed by atoms with Gasteiger partial charge in [-0.2, -0.15) is 5.10 Å². The summed E-state index contributed by atoms with van der Waals surface area (Å²) in [5.74, 6) is -0.245. The van der Waals surface area contributed by atoms with Gasteiger partial charge >= 0.3 is 5.97 Å². The largest absolute Gasteiger partial charge is 0.477 e. The summed E-state index contributed by atoms with van der Waals surface area (Å²) < 4.78 is 6.76. The first kappa shape index (κ1) is 13.6. The number of carboxylic acids is 1. The van der Waals surface area contributed by atoms with Crippen molar-refractivity contribution in [3.05, 3.63) is 22.9 Å². The Morgan fingerprint density at radius 2 is 2.32 bits per heavy atom. The molecule has 0 saturated heterocycles. The third-order valence-electron chi connectivity index (χ3n) is 3.34. The van der Waals surface area contributed by atoms with Gasteiger partial charge in [-0.3, -0.25) is 4.68 Å². The van der Waals surface area contributed by atoms with E-state index in [0.717, 1.165) is 13.0 Å². The van der Waals surface area contributed by atoms with Crippen molar-refractivity contribution in [2.45, 2.75) is 13.3 Å². The molecule has 0 aromatic carbocycles. The molecule has 0 atom stereocenters. The Kier molecular flexibility index (Phi) is 3.90. The van der Waals surface area contributed by atoms with Crippen LogP contribution in [0.3, 0.4) is 0 Å². The van der Waals surface area contributed by atoms with Crippen molar-refractivity contribution in [1.29, 1.82) is 0 Å². The van der Waals surface area contributed by atoms with Crippen LogP contribution >= 0.6 is 0 Å². The van der Waals surface area contributed by atoms with Crippen LogP contribution in [-0.4, -0.2) is 47.7 Å². The minimum atomic E-state index is -0.924. The highest BCUT2D eigenvalue weighted by Gasteiger charge is 2.25. The van der Waals surface area contributed by atoms with Gasteiger partial charge in [0.1, 0.15) is 11.4 Å². The number of methoxy groups -OCH3 is 1. The highest BCUT2D eigenvalue weighted by atomic mass is 16.5. The van der Waals surface area contributed by atoms with Gasteiger partial charge in [0.05, 0.1) is 12.3 Å². The zero-order valence-corrected chi connectivity index (χ0v) is 11.5. The molecule has 1 aliphatic heterocycles. The van der Waals surface area contributed by atoms with Gasteiger partial charge in [0, 0.05) is 27.2 Å². The van der Waals surface area contributed by atoms with Gasteiger partial charge in [-0.05, 0) is 18.9 Å². The first-order valence-electron chi connectivity index (χ1n) is 6.23. The molecule has 6 heteroatoms. The van der Waals surface area contributed by atoms with E-state index < -0.39 is 5.97 Å². The maximum atomic E-state index is 11.3. The molecule has 0 fully saturated rings. The first-order chi connectivity index (χ1) is 9.04. The van der Waals surface area contributed by atoms with E-state index in [4.69, 9.17) is 4.74 Å². The summed E-state index contributed by atoms with van der Waals surface area (Å²) in [6.45, 7) is 3.85. The van der Waals surface area contributed by atoms with Crippen LogP contribution in [0.1, 0.15) is 22.5 Å². The van der Waals surface area contributed by atoms with Gasteiger partial charge in [0.25, 0.3) is 0 Å². The van der Waals surface area contributed by atoms with Crippen LogP contribution in [0.5, 0.6) is 0 Å². The number of ether oxygens (including phenoxy) is 1. The molecule has 0 amide bonds. The number of aromatic nitrogens is 2. The Morgan fingerprint density at radius 3 is 2.84 bits per heavy atom. The van der Waals surface area contributed by atoms with Crippen LogP contribution in [0.2, 0.25) is 0 Å². The number of aryl methyl sites for hydroxylation is 2. The van der Waals surface area contributed by atoms with E-state index in [1.807, 2.05) is 4.90 Å². The fourth-order valence-corrected chi connectivity index (χ4v) is 2.48. The van der Waals surface area contributed by atoms with Crippen molar-refractivity contribution in [3.8, 4) is 0 Å². The van der Waals surface area contributed by atoms with E-state index in [9.17, 15) is 9.90 Å². The molecule has 104 valence electrons. The predicted molar refractivity (Wildman–Crippen MR) is 71.7 cm³/mol. The topological polar surface area (TPSA) is 67.6 Å². The van der Waals surface area contributed by atoms with Crippen molar-refractivity contribution < 1.29 is 14.6 Å². The molecule has 1 aliphatic rings. The lowest BCUT2D eigenvalue weighted by Crippen LogP contribution is -2.32. The van der Waals surface area contributed by atoms with Gasteiger partial charge in [0.15, 0.2) is 0 Å². The molecule has 0 aliphatic carbocycles. The monoisotopic (exact) mass is 265 g/mol. The molecule has 2 rings (SSSR count). The van der Waals surface area contributed by atoms with E-state index >= 15 is 0 Å². The Balaban J connectivity index is 2.27. The van der Waals surface area contributed by atoms with Crippen LogP contribution in [0.25, 0.3) is 0 Å². The molecule has 1 aromatic heterocycles. The predicted octanol–water partition coefficient (Wildman–Crippen LogP) is 1.21. The summed E-state index contributed by atoms with van der Waals surface area (Å²) in [5.41, 5.74) is 2.11. The van der Waals surface area contributed by atoms with Crippen LogP contribution in [-0.2, 0) is 11.8 Å². The third-order valence-corrected chi connectivity index (χ3v) is 3.34. The summed E-state index contributed by atoms with van der Waals surface area (Å²) in [7, 11) is 3.46. The summed E-state index contributed by atoms with van der Waals surface area (Å²) in [6, 6.07) is 0. The van der Waals surface area contributed by atoms with Crippen molar-refractivity contribution in [3.63, 3.8) is 0 Å². The average Bonchev–Trinajstić information content (AvgIpc) is 2.66. The lowest BCUT2D eigenvalue weighted by Gasteiger charge is -2.28. The number of anilines is 1. The van der Waals surface area contributed by atoms with Gasteiger partial charge in [0.2, 0.25) is 0 Å². The van der Waals surface area contributed by atoms with E-state index in [1.54, 1.807) is 25.8 Å². The Morgan fingerprint density at radius 1 is 1.58 bits per heavy atom. The number of carboxylic acid groups (broad SMARTS) is 1. The minimum Gasteiger partial charge on any atom is -0.477 e. The molecule has 0 saturated carbocycles. The van der Waals surface area contributed by atoms with E-state index in [0.29, 0.717) is 30.2 Å². The number of nitrogens with zero attached hydrogens (tertiary/aromatic N) is 3. The molecular weight excluding hydrogens is 246 g/mol. The molecule has 0 radical (unpaired) electrons. The maximum Gasteiger partial charge on any atom is 0.341 e. The molecule has 0 spiro atoms. The van der Waals surface area contributed by atoms with Crippen molar-refractivity contribution in [2.24, 2.45) is 7.05 Å². The molecule has 0 bridgehead atoms. The smallest absolute Gasteiger partial charge is 0.341 e.